The molecule has 1 aromatic rings. The fraction of sp³-hybridized carbons (Fsp3) is 0.600. The molecule has 5 nitrogen and oxygen atoms in total. The molecule has 1 unspecified atom stereocenters. The highest BCUT2D eigenvalue weighted by Gasteiger charge is 2.16. The Balaban J connectivity index is 2.43. The van der Waals surface area contributed by atoms with Gasteiger partial charge in [0.1, 0.15) is 0 Å². The standard InChI is InChI=1S/C20H32N2O3/c1-14(2)10-17(23)13-21-18(24)11-15-6-8-16(9-7-15)22-19(25)12-20(3,4)5/h6-9,14,17,23H,10-13H2,1-5H3,(H,21,24)(H,22,25). The van der Waals surface area contributed by atoms with Crippen molar-refractivity contribution in [1.29, 1.82) is 0 Å². The maximum Gasteiger partial charge on any atom is 0.224 e. The molecule has 0 aliphatic carbocycles. The van der Waals surface area contributed by atoms with Gasteiger partial charge in [-0.05, 0) is 35.4 Å². The van der Waals surface area contributed by atoms with E-state index in [0.29, 0.717) is 18.8 Å². The molecule has 140 valence electrons. The van der Waals surface area contributed by atoms with Crippen LogP contribution in [0.5, 0.6) is 0 Å². The largest absolute Gasteiger partial charge is 0.391 e. The second-order valence-electron chi connectivity index (χ2n) is 8.25. The second kappa shape index (κ2) is 9.56. The van der Waals surface area contributed by atoms with Crippen LogP contribution in [0.3, 0.4) is 0 Å². The second-order valence-corrected chi connectivity index (χ2v) is 8.25. The van der Waals surface area contributed by atoms with Crippen molar-refractivity contribution < 1.29 is 14.7 Å². The number of anilines is 1. The Morgan fingerprint density at radius 3 is 2.20 bits per heavy atom. The Kier molecular flexibility index (Phi) is 8.10. The van der Waals surface area contributed by atoms with Gasteiger partial charge < -0.3 is 15.7 Å². The third-order valence-corrected chi connectivity index (χ3v) is 3.57. The van der Waals surface area contributed by atoms with Crippen molar-refractivity contribution in [2.75, 3.05) is 11.9 Å². The van der Waals surface area contributed by atoms with E-state index < -0.39 is 6.10 Å². The summed E-state index contributed by atoms with van der Waals surface area (Å²) in [5.74, 6) is 0.261. The fourth-order valence-corrected chi connectivity index (χ4v) is 2.50. The summed E-state index contributed by atoms with van der Waals surface area (Å²) in [5.41, 5.74) is 1.54. The topological polar surface area (TPSA) is 78.4 Å². The van der Waals surface area contributed by atoms with Crippen LogP contribution in [0.1, 0.15) is 53.0 Å². The van der Waals surface area contributed by atoms with Crippen molar-refractivity contribution in [3.8, 4) is 0 Å². The van der Waals surface area contributed by atoms with Gasteiger partial charge in [0.05, 0.1) is 12.5 Å². The van der Waals surface area contributed by atoms with Gasteiger partial charge in [-0.1, -0.05) is 46.8 Å². The lowest BCUT2D eigenvalue weighted by molar-refractivity contribution is -0.121. The molecule has 0 aliphatic heterocycles. The summed E-state index contributed by atoms with van der Waals surface area (Å²) in [6.45, 7) is 10.4. The molecule has 3 N–H and O–H groups in total. The van der Waals surface area contributed by atoms with Gasteiger partial charge in [-0.15, -0.1) is 0 Å². The Morgan fingerprint density at radius 1 is 1.08 bits per heavy atom. The first-order chi connectivity index (χ1) is 11.5. The number of aliphatic hydroxyl groups is 1. The Morgan fingerprint density at radius 2 is 1.68 bits per heavy atom. The van der Waals surface area contributed by atoms with E-state index in [1.165, 1.54) is 0 Å². The maximum atomic E-state index is 11.9. The number of amides is 2. The first kappa shape index (κ1) is 21.2. The number of carbonyl (C=O) groups excluding carboxylic acids is 2. The molecule has 1 rings (SSSR count). The van der Waals surface area contributed by atoms with Gasteiger partial charge in [-0.2, -0.15) is 0 Å². The molecule has 2 amide bonds. The lowest BCUT2D eigenvalue weighted by atomic mass is 9.92. The Labute approximate surface area is 151 Å². The Hall–Kier alpha value is -1.88. The molecule has 5 heteroatoms. The average Bonchev–Trinajstić information content (AvgIpc) is 2.44. The number of hydrogen-bond donors (Lipinski definition) is 3. The van der Waals surface area contributed by atoms with Gasteiger partial charge in [0.25, 0.3) is 0 Å². The Bertz CT molecular complexity index is 559. The van der Waals surface area contributed by atoms with E-state index in [2.05, 4.69) is 10.6 Å². The quantitative estimate of drug-likeness (QED) is 0.675. The first-order valence-corrected chi connectivity index (χ1v) is 8.89. The monoisotopic (exact) mass is 348 g/mol. The van der Waals surface area contributed by atoms with E-state index in [-0.39, 0.29) is 30.2 Å². The number of aliphatic hydroxyl groups excluding tert-OH is 1. The van der Waals surface area contributed by atoms with E-state index in [1.807, 2.05) is 46.8 Å². The number of benzene rings is 1. The minimum absolute atomic E-state index is 0.0165. The number of nitrogens with one attached hydrogen (secondary N) is 2. The zero-order valence-corrected chi connectivity index (χ0v) is 16.1. The summed E-state index contributed by atoms with van der Waals surface area (Å²) in [6.07, 6.45) is 0.869. The molecule has 0 aromatic heterocycles. The van der Waals surface area contributed by atoms with Gasteiger partial charge in [0, 0.05) is 18.7 Å². The van der Waals surface area contributed by atoms with Crippen LogP contribution < -0.4 is 10.6 Å². The van der Waals surface area contributed by atoms with Crippen molar-refractivity contribution in [2.24, 2.45) is 11.3 Å². The summed E-state index contributed by atoms with van der Waals surface area (Å²) in [4.78, 5) is 23.8. The predicted octanol–water partition coefficient (Wildman–Crippen LogP) is 3.13. The van der Waals surface area contributed by atoms with E-state index in [4.69, 9.17) is 0 Å². The molecular weight excluding hydrogens is 316 g/mol. The molecule has 25 heavy (non-hydrogen) atoms. The van der Waals surface area contributed by atoms with E-state index in [0.717, 1.165) is 11.3 Å². The van der Waals surface area contributed by atoms with E-state index in [9.17, 15) is 14.7 Å². The molecule has 0 aliphatic rings. The number of rotatable bonds is 8. The molecule has 0 fully saturated rings. The predicted molar refractivity (Wildman–Crippen MR) is 101 cm³/mol. The van der Waals surface area contributed by atoms with Gasteiger partial charge >= 0.3 is 0 Å². The van der Waals surface area contributed by atoms with Gasteiger partial charge in [-0.3, -0.25) is 9.59 Å². The minimum Gasteiger partial charge on any atom is -0.391 e. The van der Waals surface area contributed by atoms with Crippen LogP contribution in [-0.4, -0.2) is 29.6 Å². The maximum absolute atomic E-state index is 11.9. The molecule has 0 spiro atoms. The fourth-order valence-electron chi connectivity index (χ4n) is 2.50. The van der Waals surface area contributed by atoms with Crippen molar-refractivity contribution in [3.63, 3.8) is 0 Å². The summed E-state index contributed by atoms with van der Waals surface area (Å²) in [6, 6.07) is 7.27. The van der Waals surface area contributed by atoms with Gasteiger partial charge in [-0.25, -0.2) is 0 Å². The first-order valence-electron chi connectivity index (χ1n) is 8.89. The molecule has 0 saturated heterocycles. The minimum atomic E-state index is -0.510. The summed E-state index contributed by atoms with van der Waals surface area (Å²) < 4.78 is 0. The zero-order chi connectivity index (χ0) is 19.0. The van der Waals surface area contributed by atoms with Crippen LogP contribution in [-0.2, 0) is 16.0 Å². The van der Waals surface area contributed by atoms with Gasteiger partial charge in [0.2, 0.25) is 11.8 Å². The van der Waals surface area contributed by atoms with E-state index >= 15 is 0 Å². The van der Waals surface area contributed by atoms with Crippen LogP contribution in [0.4, 0.5) is 5.69 Å². The van der Waals surface area contributed by atoms with Crippen molar-refractivity contribution in [1.82, 2.24) is 5.32 Å². The third kappa shape index (κ3) is 9.87. The SMILES string of the molecule is CC(C)CC(O)CNC(=O)Cc1ccc(NC(=O)CC(C)(C)C)cc1. The number of carbonyl (C=O) groups is 2. The lowest BCUT2D eigenvalue weighted by Gasteiger charge is -2.17. The summed E-state index contributed by atoms with van der Waals surface area (Å²) in [5, 5.41) is 15.4. The molecule has 0 saturated carbocycles. The van der Waals surface area contributed by atoms with Crippen molar-refractivity contribution >= 4 is 17.5 Å². The average molecular weight is 348 g/mol. The van der Waals surface area contributed by atoms with Crippen molar-refractivity contribution in [3.05, 3.63) is 29.8 Å². The molecule has 1 aromatic carbocycles. The molecule has 0 heterocycles. The summed E-state index contributed by atoms with van der Waals surface area (Å²) in [7, 11) is 0. The highest BCUT2D eigenvalue weighted by Crippen LogP contribution is 2.19. The van der Waals surface area contributed by atoms with Crippen LogP contribution in [0.15, 0.2) is 24.3 Å². The van der Waals surface area contributed by atoms with Crippen LogP contribution in [0.2, 0.25) is 0 Å². The zero-order valence-electron chi connectivity index (χ0n) is 16.1. The lowest BCUT2D eigenvalue weighted by Crippen LogP contribution is -2.33. The van der Waals surface area contributed by atoms with Crippen LogP contribution in [0.25, 0.3) is 0 Å². The molecule has 0 radical (unpaired) electrons. The van der Waals surface area contributed by atoms with Gasteiger partial charge in [0.15, 0.2) is 0 Å². The van der Waals surface area contributed by atoms with Crippen LogP contribution >= 0.6 is 0 Å². The normalized spacial score (nSPS) is 12.8. The third-order valence-electron chi connectivity index (χ3n) is 3.57. The highest BCUT2D eigenvalue weighted by molar-refractivity contribution is 5.91. The highest BCUT2D eigenvalue weighted by atomic mass is 16.3. The van der Waals surface area contributed by atoms with Crippen molar-refractivity contribution in [2.45, 2.75) is 60.0 Å². The van der Waals surface area contributed by atoms with E-state index in [1.54, 1.807) is 12.1 Å². The smallest absolute Gasteiger partial charge is 0.224 e. The molecular formula is C20H32N2O3. The summed E-state index contributed by atoms with van der Waals surface area (Å²) >= 11 is 0. The molecule has 0 bridgehead atoms. The van der Waals surface area contributed by atoms with Crippen LogP contribution in [0, 0.1) is 11.3 Å². The number of hydrogen-bond acceptors (Lipinski definition) is 3. The molecule has 1 atom stereocenters.